The Morgan fingerprint density at radius 1 is 1.24 bits per heavy atom. The van der Waals surface area contributed by atoms with Crippen LogP contribution in [0.4, 0.5) is 5.82 Å². The van der Waals surface area contributed by atoms with E-state index in [1.165, 1.54) is 0 Å². The first-order valence-electron chi connectivity index (χ1n) is 7.76. The van der Waals surface area contributed by atoms with Gasteiger partial charge in [-0.05, 0) is 12.5 Å². The van der Waals surface area contributed by atoms with E-state index in [1.54, 1.807) is 30.0 Å². The maximum absolute atomic E-state index is 8.69. The van der Waals surface area contributed by atoms with Crippen molar-refractivity contribution in [2.75, 3.05) is 12.3 Å². The van der Waals surface area contributed by atoms with Gasteiger partial charge in [0.1, 0.15) is 29.7 Å². The average molecular weight is 392 g/mol. The highest BCUT2D eigenvalue weighted by Crippen LogP contribution is 2.11. The molecule has 0 saturated heterocycles. The predicted molar refractivity (Wildman–Crippen MR) is 117 cm³/mol. The minimum absolute atomic E-state index is 0. The fraction of sp³-hybridized carbons (Fsp3) is 0.158. The number of aromatic nitrogens is 2. The molecule has 0 amide bonds. The Balaban J connectivity index is 0. The maximum atomic E-state index is 8.69. The molecule has 0 unspecified atom stereocenters. The number of rotatable bonds is 5. The number of aliphatic imine (C=N–C) groups is 1. The summed E-state index contributed by atoms with van der Waals surface area (Å²) in [6, 6.07) is 15.1. The van der Waals surface area contributed by atoms with Gasteiger partial charge in [-0.15, -0.1) is 0 Å². The normalized spacial score (nSPS) is 9.86. The van der Waals surface area contributed by atoms with Gasteiger partial charge >= 0.3 is 0 Å². The molecule has 29 heavy (non-hydrogen) atoms. The summed E-state index contributed by atoms with van der Waals surface area (Å²) in [4.78, 5) is 7.43. The van der Waals surface area contributed by atoms with E-state index >= 15 is 0 Å². The van der Waals surface area contributed by atoms with E-state index in [1.807, 2.05) is 36.4 Å². The Morgan fingerprint density at radius 2 is 1.90 bits per heavy atom. The molecular weight excluding hydrogens is 367 g/mol. The summed E-state index contributed by atoms with van der Waals surface area (Å²) in [5, 5.41) is 25.4. The molecule has 0 bridgehead atoms. The Morgan fingerprint density at radius 3 is 2.38 bits per heavy atom. The third-order valence-electron chi connectivity index (χ3n) is 3.08. The molecule has 0 spiro atoms. The zero-order valence-electron chi connectivity index (χ0n) is 15.7. The SMILES string of the molecule is CCOC=N/C(C#N)=C(\N)C#N.N#Cc1ncn(Cc2ccccc2)c1N.[BH4-].[CH3-]. The average Bonchev–Trinajstić information content (AvgIpc) is 3.05. The third kappa shape index (κ3) is 8.81. The van der Waals surface area contributed by atoms with Crippen LogP contribution in [0, 0.1) is 41.4 Å². The van der Waals surface area contributed by atoms with Gasteiger partial charge in [-0.25, -0.2) is 9.98 Å². The number of imidazole rings is 1. The molecule has 10 heteroatoms. The second-order valence-corrected chi connectivity index (χ2v) is 4.88. The quantitative estimate of drug-likeness (QED) is 0.248. The first kappa shape index (κ1) is 27.0. The highest BCUT2D eigenvalue weighted by Gasteiger charge is 2.06. The lowest BCUT2D eigenvalue weighted by Gasteiger charge is -2.04. The van der Waals surface area contributed by atoms with E-state index in [9.17, 15) is 0 Å². The molecule has 9 nitrogen and oxygen atoms in total. The number of allylic oxidation sites excluding steroid dienone is 2. The molecule has 0 saturated carbocycles. The van der Waals surface area contributed by atoms with Crippen molar-refractivity contribution in [1.29, 1.82) is 15.8 Å². The lowest BCUT2D eigenvalue weighted by molar-refractivity contribution is 0.343. The summed E-state index contributed by atoms with van der Waals surface area (Å²) in [5.41, 5.74) is 11.9. The number of nitriles is 3. The monoisotopic (exact) mass is 392 g/mol. The second-order valence-electron chi connectivity index (χ2n) is 4.88. The summed E-state index contributed by atoms with van der Waals surface area (Å²) < 4.78 is 6.48. The number of hydrogen-bond acceptors (Lipinski definition) is 8. The van der Waals surface area contributed by atoms with Crippen molar-refractivity contribution in [3.8, 4) is 18.2 Å². The van der Waals surface area contributed by atoms with Crippen molar-refractivity contribution >= 4 is 20.6 Å². The lowest BCUT2D eigenvalue weighted by Crippen LogP contribution is -2.03. The Hall–Kier alpha value is -4.23. The van der Waals surface area contributed by atoms with E-state index in [0.29, 0.717) is 19.0 Å². The van der Waals surface area contributed by atoms with Crippen LogP contribution in [0.2, 0.25) is 0 Å². The van der Waals surface area contributed by atoms with E-state index in [0.717, 1.165) is 12.0 Å². The highest BCUT2D eigenvalue weighted by atomic mass is 16.5. The Bertz CT molecular complexity index is 930. The summed E-state index contributed by atoms with van der Waals surface area (Å²) in [7, 11) is 0. The molecule has 0 fully saturated rings. The van der Waals surface area contributed by atoms with Crippen molar-refractivity contribution < 1.29 is 4.74 Å². The van der Waals surface area contributed by atoms with Crippen molar-refractivity contribution in [1.82, 2.24) is 9.55 Å². The zero-order valence-corrected chi connectivity index (χ0v) is 15.7. The number of ether oxygens (including phenoxy) is 1. The molecule has 1 aromatic carbocycles. The zero-order chi connectivity index (χ0) is 20.1. The van der Waals surface area contributed by atoms with Crippen LogP contribution in [-0.2, 0) is 11.3 Å². The highest BCUT2D eigenvalue weighted by molar-refractivity contribution is 5.75. The van der Waals surface area contributed by atoms with E-state index < -0.39 is 0 Å². The Kier molecular flexibility index (Phi) is 13.9. The molecule has 1 heterocycles. The van der Waals surface area contributed by atoms with E-state index in [4.69, 9.17) is 32.0 Å². The summed E-state index contributed by atoms with van der Waals surface area (Å²) in [6.45, 7) is 2.87. The van der Waals surface area contributed by atoms with Gasteiger partial charge in [-0.3, -0.25) is 0 Å². The summed E-state index contributed by atoms with van der Waals surface area (Å²) in [5.74, 6) is 0.418. The standard InChI is InChI=1S/C11H10N4.C7H8N4O.CH3.BH4/c12-6-10-11(13)15(8-14-10)7-9-4-2-1-3-5-9;1-2-12-5-11-7(4-9)6(10)3-8;;/h1-5,8H,7,13H2;5H,2,10H2,1H3;1H3;1H4/q;;2*-1/b;7-6-,11-5?;;. The molecule has 1 aromatic heterocycles. The van der Waals surface area contributed by atoms with Crippen molar-refractivity contribution in [2.24, 2.45) is 10.7 Å². The van der Waals surface area contributed by atoms with Gasteiger partial charge in [0, 0.05) is 0 Å². The Labute approximate surface area is 172 Å². The molecule has 152 valence electrons. The molecule has 0 atom stereocenters. The third-order valence-corrected chi connectivity index (χ3v) is 3.08. The molecule has 2 aromatic rings. The lowest BCUT2D eigenvalue weighted by atomic mass is 10.2. The first-order chi connectivity index (χ1) is 13.1. The van der Waals surface area contributed by atoms with Gasteiger partial charge in [0.25, 0.3) is 0 Å². The van der Waals surface area contributed by atoms with Crippen LogP contribution >= 0.6 is 0 Å². The maximum Gasteiger partial charge on any atom is 0.182 e. The van der Waals surface area contributed by atoms with E-state index in [-0.39, 0.29) is 32.9 Å². The van der Waals surface area contributed by atoms with Crippen LogP contribution in [0.5, 0.6) is 0 Å². The van der Waals surface area contributed by atoms with Gasteiger partial charge in [-0.1, -0.05) is 38.7 Å². The minimum atomic E-state index is -0.214. The van der Waals surface area contributed by atoms with Gasteiger partial charge in [0.15, 0.2) is 17.8 Å². The molecule has 0 aliphatic rings. The largest absolute Gasteiger partial charge is 0.483 e. The predicted octanol–water partition coefficient (Wildman–Crippen LogP) is 0.653. The fourth-order valence-electron chi connectivity index (χ4n) is 1.76. The minimum Gasteiger partial charge on any atom is -0.483 e. The van der Waals surface area contributed by atoms with Gasteiger partial charge < -0.3 is 28.2 Å². The summed E-state index contributed by atoms with van der Waals surface area (Å²) in [6.07, 6.45) is 2.67. The van der Waals surface area contributed by atoms with Crippen LogP contribution in [0.1, 0.15) is 18.2 Å². The number of benzene rings is 1. The van der Waals surface area contributed by atoms with Crippen LogP contribution in [0.25, 0.3) is 0 Å². The van der Waals surface area contributed by atoms with Gasteiger partial charge in [0.2, 0.25) is 0 Å². The molecule has 2 rings (SSSR count). The topological polar surface area (TPSA) is 163 Å². The van der Waals surface area contributed by atoms with Crippen molar-refractivity contribution in [2.45, 2.75) is 13.5 Å². The smallest absolute Gasteiger partial charge is 0.182 e. The summed E-state index contributed by atoms with van der Waals surface area (Å²) >= 11 is 0. The number of anilines is 1. The number of hydrogen-bond donors (Lipinski definition) is 2. The number of nitrogens with zero attached hydrogens (tertiary/aromatic N) is 6. The van der Waals surface area contributed by atoms with Crippen molar-refractivity contribution in [3.05, 3.63) is 66.7 Å². The molecule has 0 aliphatic carbocycles. The van der Waals surface area contributed by atoms with Crippen LogP contribution in [-0.4, -0.2) is 31.0 Å². The fourth-order valence-corrected chi connectivity index (χ4v) is 1.76. The molecule has 0 radical (unpaired) electrons. The van der Waals surface area contributed by atoms with E-state index in [2.05, 4.69) is 9.98 Å². The van der Waals surface area contributed by atoms with Gasteiger partial charge in [-0.2, -0.15) is 15.8 Å². The van der Waals surface area contributed by atoms with Gasteiger partial charge in [0.05, 0.1) is 19.5 Å². The number of nitrogens with two attached hydrogens (primary N) is 2. The molecule has 0 aliphatic heterocycles. The molecular formula is C19H25BN8O-2. The molecule has 4 N–H and O–H groups in total. The number of nitrogen functional groups attached to an aromatic ring is 1. The van der Waals surface area contributed by atoms with Crippen LogP contribution < -0.4 is 11.5 Å². The van der Waals surface area contributed by atoms with Crippen LogP contribution in [0.3, 0.4) is 0 Å². The van der Waals surface area contributed by atoms with Crippen LogP contribution in [0.15, 0.2) is 53.0 Å². The first-order valence-corrected chi connectivity index (χ1v) is 7.76. The second kappa shape index (κ2) is 14.9. The van der Waals surface area contributed by atoms with Crippen molar-refractivity contribution in [3.63, 3.8) is 0 Å².